The summed E-state index contributed by atoms with van der Waals surface area (Å²) >= 11 is 1.52. The number of benzene rings is 1. The number of amides is 1. The summed E-state index contributed by atoms with van der Waals surface area (Å²) in [4.78, 5) is 39.0. The highest BCUT2D eigenvalue weighted by Gasteiger charge is 2.46. The van der Waals surface area contributed by atoms with Gasteiger partial charge in [-0.3, -0.25) is 9.69 Å². The van der Waals surface area contributed by atoms with Crippen molar-refractivity contribution in [3.63, 3.8) is 0 Å². The Labute approximate surface area is 152 Å². The Bertz CT molecular complexity index is 1040. The van der Waals surface area contributed by atoms with Gasteiger partial charge in [0.25, 0.3) is 0 Å². The first kappa shape index (κ1) is 16.5. The van der Waals surface area contributed by atoms with Crippen molar-refractivity contribution < 1.29 is 18.7 Å². The summed E-state index contributed by atoms with van der Waals surface area (Å²) in [7, 11) is 1.32. The number of esters is 1. The third-order valence-electron chi connectivity index (χ3n) is 4.55. The van der Waals surface area contributed by atoms with Gasteiger partial charge in [0.1, 0.15) is 11.6 Å². The zero-order valence-corrected chi connectivity index (χ0v) is 14.7. The normalized spacial score (nSPS) is 19.9. The summed E-state index contributed by atoms with van der Waals surface area (Å²) in [5.41, 5.74) is 0.566. The number of nitrogens with zero attached hydrogens (tertiary/aromatic N) is 1. The topological polar surface area (TPSA) is 76.8 Å². The van der Waals surface area contributed by atoms with E-state index in [2.05, 4.69) is 0 Å². The molecule has 1 saturated heterocycles. The molecule has 0 N–H and O–H groups in total. The minimum absolute atomic E-state index is 0.143. The highest BCUT2D eigenvalue weighted by Crippen LogP contribution is 2.40. The average molecular weight is 369 g/mol. The Balaban J connectivity index is 1.80. The smallest absolute Gasteiger partial charge is 0.336 e. The Morgan fingerprint density at radius 3 is 2.81 bits per heavy atom. The largest absolute Gasteiger partial charge is 0.467 e. The lowest BCUT2D eigenvalue weighted by Crippen LogP contribution is -2.41. The Morgan fingerprint density at radius 1 is 1.23 bits per heavy atom. The maximum atomic E-state index is 12.8. The SMILES string of the molecule is COC(=O)[C@H]1[C@H](c2cccs2)CC(=O)N1c1ccc2oc(=O)ccc2c1. The number of rotatable bonds is 3. The van der Waals surface area contributed by atoms with Crippen molar-refractivity contribution >= 4 is 39.9 Å². The highest BCUT2D eigenvalue weighted by atomic mass is 32.1. The van der Waals surface area contributed by atoms with Crippen LogP contribution in [0.5, 0.6) is 0 Å². The molecule has 3 heterocycles. The molecule has 1 aliphatic heterocycles. The monoisotopic (exact) mass is 369 g/mol. The van der Waals surface area contributed by atoms with Crippen LogP contribution in [0, 0.1) is 0 Å². The fraction of sp³-hybridized carbons (Fsp3) is 0.211. The number of hydrogen-bond acceptors (Lipinski definition) is 6. The molecule has 0 aliphatic carbocycles. The molecule has 1 aliphatic rings. The third-order valence-corrected chi connectivity index (χ3v) is 5.56. The van der Waals surface area contributed by atoms with E-state index in [9.17, 15) is 14.4 Å². The molecule has 6 nitrogen and oxygen atoms in total. The lowest BCUT2D eigenvalue weighted by Gasteiger charge is -2.26. The standard InChI is InChI=1S/C19H15NO5S/c1-24-19(23)18-13(15-3-2-8-26-15)10-16(21)20(18)12-5-6-14-11(9-12)4-7-17(22)25-14/h2-9,13,18H,10H2,1H3/t13-,18+/m0/s1. The van der Waals surface area contributed by atoms with Gasteiger partial charge in [-0.1, -0.05) is 6.07 Å². The minimum atomic E-state index is -0.723. The van der Waals surface area contributed by atoms with Crippen molar-refractivity contribution in [1.29, 1.82) is 0 Å². The molecule has 1 aromatic carbocycles. The molecule has 26 heavy (non-hydrogen) atoms. The van der Waals surface area contributed by atoms with E-state index in [-0.39, 0.29) is 18.2 Å². The summed E-state index contributed by atoms with van der Waals surface area (Å²) in [6, 6.07) is 11.1. The first-order valence-electron chi connectivity index (χ1n) is 8.05. The van der Waals surface area contributed by atoms with Crippen LogP contribution < -0.4 is 10.5 Å². The number of ether oxygens (including phenoxy) is 1. The first-order valence-corrected chi connectivity index (χ1v) is 8.93. The molecule has 1 amide bonds. The van der Waals surface area contributed by atoms with E-state index >= 15 is 0 Å². The second kappa shape index (κ2) is 6.42. The number of carbonyl (C=O) groups excluding carboxylic acids is 2. The Kier molecular flexibility index (Phi) is 4.08. The number of thiophene rings is 1. The van der Waals surface area contributed by atoms with Crippen LogP contribution in [-0.4, -0.2) is 25.0 Å². The molecule has 2 atom stereocenters. The molecule has 0 spiro atoms. The Hall–Kier alpha value is -2.93. The van der Waals surface area contributed by atoms with Gasteiger partial charge in [-0.15, -0.1) is 11.3 Å². The van der Waals surface area contributed by atoms with Gasteiger partial charge in [0.15, 0.2) is 0 Å². The number of carbonyl (C=O) groups is 2. The summed E-state index contributed by atoms with van der Waals surface area (Å²) in [5, 5.41) is 2.60. The number of anilines is 1. The predicted molar refractivity (Wildman–Crippen MR) is 97.5 cm³/mol. The van der Waals surface area contributed by atoms with Gasteiger partial charge in [0.05, 0.1) is 7.11 Å². The molecule has 4 rings (SSSR count). The molecule has 2 aromatic heterocycles. The van der Waals surface area contributed by atoms with Gasteiger partial charge >= 0.3 is 11.6 Å². The molecule has 1 fully saturated rings. The van der Waals surface area contributed by atoms with Crippen LogP contribution in [0.25, 0.3) is 11.0 Å². The average Bonchev–Trinajstić information content (AvgIpc) is 3.28. The minimum Gasteiger partial charge on any atom is -0.467 e. The zero-order chi connectivity index (χ0) is 18.3. The third kappa shape index (κ3) is 2.70. The van der Waals surface area contributed by atoms with Gasteiger partial charge < -0.3 is 9.15 Å². The Morgan fingerprint density at radius 2 is 2.08 bits per heavy atom. The van der Waals surface area contributed by atoms with Crippen LogP contribution in [0.15, 0.2) is 57.1 Å². The molecular weight excluding hydrogens is 354 g/mol. The van der Waals surface area contributed by atoms with Gasteiger partial charge in [-0.05, 0) is 35.7 Å². The van der Waals surface area contributed by atoms with E-state index in [0.29, 0.717) is 16.7 Å². The highest BCUT2D eigenvalue weighted by molar-refractivity contribution is 7.10. The fourth-order valence-electron chi connectivity index (χ4n) is 3.40. The summed E-state index contributed by atoms with van der Waals surface area (Å²) in [6.07, 6.45) is 0.238. The summed E-state index contributed by atoms with van der Waals surface area (Å²) in [6.45, 7) is 0. The molecule has 7 heteroatoms. The zero-order valence-electron chi connectivity index (χ0n) is 13.9. The lowest BCUT2D eigenvalue weighted by molar-refractivity contribution is -0.142. The van der Waals surface area contributed by atoms with E-state index in [4.69, 9.17) is 9.15 Å². The van der Waals surface area contributed by atoms with Crippen molar-refractivity contribution in [2.75, 3.05) is 12.0 Å². The van der Waals surface area contributed by atoms with Crippen molar-refractivity contribution in [1.82, 2.24) is 0 Å². The van der Waals surface area contributed by atoms with E-state index in [1.54, 1.807) is 24.3 Å². The predicted octanol–water partition coefficient (Wildman–Crippen LogP) is 2.92. The van der Waals surface area contributed by atoms with E-state index in [0.717, 1.165) is 4.88 Å². The quantitative estimate of drug-likeness (QED) is 0.524. The van der Waals surface area contributed by atoms with E-state index < -0.39 is 17.6 Å². The van der Waals surface area contributed by atoms with Crippen molar-refractivity contribution in [3.05, 3.63) is 63.1 Å². The first-order chi connectivity index (χ1) is 12.6. The maximum absolute atomic E-state index is 12.8. The second-order valence-corrected chi connectivity index (χ2v) is 7.01. The fourth-order valence-corrected chi connectivity index (χ4v) is 4.25. The van der Waals surface area contributed by atoms with Gasteiger partial charge in [-0.25, -0.2) is 9.59 Å². The van der Waals surface area contributed by atoms with E-state index in [1.807, 2.05) is 17.5 Å². The number of hydrogen-bond donors (Lipinski definition) is 0. The maximum Gasteiger partial charge on any atom is 0.336 e. The number of methoxy groups -OCH3 is 1. The molecule has 0 radical (unpaired) electrons. The lowest BCUT2D eigenvalue weighted by atomic mass is 9.98. The molecule has 0 bridgehead atoms. The van der Waals surface area contributed by atoms with Crippen LogP contribution >= 0.6 is 11.3 Å². The van der Waals surface area contributed by atoms with Gasteiger partial charge in [-0.2, -0.15) is 0 Å². The molecule has 0 saturated carbocycles. The molecular formula is C19H15NO5S. The van der Waals surface area contributed by atoms with Crippen LogP contribution in [0.3, 0.4) is 0 Å². The van der Waals surface area contributed by atoms with Crippen LogP contribution in [0.2, 0.25) is 0 Å². The van der Waals surface area contributed by atoms with E-state index in [1.165, 1.54) is 29.4 Å². The molecule has 3 aromatic rings. The van der Waals surface area contributed by atoms with Crippen LogP contribution in [-0.2, 0) is 14.3 Å². The number of fused-ring (bicyclic) bond motifs is 1. The van der Waals surface area contributed by atoms with Gasteiger partial charge in [0, 0.05) is 34.4 Å². The summed E-state index contributed by atoms with van der Waals surface area (Å²) < 4.78 is 10.1. The van der Waals surface area contributed by atoms with Crippen LogP contribution in [0.1, 0.15) is 17.2 Å². The summed E-state index contributed by atoms with van der Waals surface area (Å²) in [5.74, 6) is -0.844. The van der Waals surface area contributed by atoms with Crippen molar-refractivity contribution in [3.8, 4) is 0 Å². The molecule has 0 unspecified atom stereocenters. The van der Waals surface area contributed by atoms with Crippen LogP contribution in [0.4, 0.5) is 5.69 Å². The van der Waals surface area contributed by atoms with Crippen molar-refractivity contribution in [2.45, 2.75) is 18.4 Å². The van der Waals surface area contributed by atoms with Crippen molar-refractivity contribution in [2.24, 2.45) is 0 Å². The molecule has 132 valence electrons. The second-order valence-electron chi connectivity index (χ2n) is 6.03. The van der Waals surface area contributed by atoms with Gasteiger partial charge in [0.2, 0.25) is 5.91 Å².